The van der Waals surface area contributed by atoms with E-state index in [0.717, 1.165) is 18.5 Å². The Hall–Kier alpha value is -2.87. The van der Waals surface area contributed by atoms with Gasteiger partial charge in [-0.15, -0.1) is 5.10 Å². The van der Waals surface area contributed by atoms with E-state index >= 15 is 0 Å². The van der Waals surface area contributed by atoms with Crippen LogP contribution in [0, 0.1) is 0 Å². The number of aromatic nitrogens is 4. The first-order chi connectivity index (χ1) is 13.2. The minimum atomic E-state index is -0.0394. The molecule has 1 saturated carbocycles. The van der Waals surface area contributed by atoms with Gasteiger partial charge < -0.3 is 10.4 Å². The fraction of sp³-hybridized carbons (Fsp3) is 0.263. The van der Waals surface area contributed by atoms with Crippen LogP contribution in [0.1, 0.15) is 18.4 Å². The number of hydrogen-bond acceptors (Lipinski definition) is 6. The van der Waals surface area contributed by atoms with Gasteiger partial charge in [-0.2, -0.15) is 4.68 Å². The molecule has 0 saturated heterocycles. The van der Waals surface area contributed by atoms with Gasteiger partial charge in [0.1, 0.15) is 5.75 Å². The molecular formula is C19H19N5O2S. The highest BCUT2D eigenvalue weighted by Gasteiger charge is 2.44. The van der Waals surface area contributed by atoms with Crippen LogP contribution in [-0.2, 0) is 10.2 Å². The lowest BCUT2D eigenvalue weighted by Gasteiger charge is -2.16. The average Bonchev–Trinajstić information content (AvgIpc) is 3.36. The number of tetrazole rings is 1. The van der Waals surface area contributed by atoms with E-state index < -0.39 is 0 Å². The Kier molecular flexibility index (Phi) is 4.81. The number of nitrogens with zero attached hydrogens (tertiary/aromatic N) is 4. The number of thioether (sulfide) groups is 1. The maximum absolute atomic E-state index is 12.3. The van der Waals surface area contributed by atoms with E-state index in [1.54, 1.807) is 28.9 Å². The molecule has 2 N–H and O–H groups in total. The van der Waals surface area contributed by atoms with Gasteiger partial charge in [0.25, 0.3) is 0 Å². The summed E-state index contributed by atoms with van der Waals surface area (Å²) in [4.78, 5) is 12.3. The number of phenols is 1. The molecule has 0 bridgehead atoms. The lowest BCUT2D eigenvalue weighted by atomic mass is 9.96. The summed E-state index contributed by atoms with van der Waals surface area (Å²) in [5, 5.41) is 24.6. The van der Waals surface area contributed by atoms with Crippen molar-refractivity contribution in [2.45, 2.75) is 23.4 Å². The number of amides is 1. The number of nitrogens with one attached hydrogen (secondary N) is 1. The number of hydrogen-bond donors (Lipinski definition) is 2. The van der Waals surface area contributed by atoms with E-state index in [-0.39, 0.29) is 22.8 Å². The van der Waals surface area contributed by atoms with Crippen molar-refractivity contribution in [3.63, 3.8) is 0 Å². The molecule has 1 aliphatic rings. The van der Waals surface area contributed by atoms with Crippen molar-refractivity contribution in [2.75, 3.05) is 12.3 Å². The van der Waals surface area contributed by atoms with Crippen LogP contribution >= 0.6 is 11.8 Å². The second-order valence-corrected chi connectivity index (χ2v) is 7.54. The summed E-state index contributed by atoms with van der Waals surface area (Å²) in [5.74, 6) is 0.374. The number of rotatable bonds is 7. The zero-order chi connectivity index (χ0) is 18.7. The van der Waals surface area contributed by atoms with Gasteiger partial charge in [0.05, 0.1) is 11.4 Å². The minimum Gasteiger partial charge on any atom is -0.508 e. The second-order valence-electron chi connectivity index (χ2n) is 6.60. The van der Waals surface area contributed by atoms with Crippen molar-refractivity contribution in [2.24, 2.45) is 0 Å². The van der Waals surface area contributed by atoms with Gasteiger partial charge in [0.2, 0.25) is 11.1 Å². The maximum atomic E-state index is 12.3. The molecule has 0 atom stereocenters. The highest BCUT2D eigenvalue weighted by atomic mass is 32.2. The SMILES string of the molecule is O=C(CSc1nnnn1-c1ccc(O)cc1)NCC1(c2ccccc2)CC1. The van der Waals surface area contributed by atoms with Gasteiger partial charge in [0, 0.05) is 12.0 Å². The summed E-state index contributed by atoms with van der Waals surface area (Å²) in [5.41, 5.74) is 2.10. The van der Waals surface area contributed by atoms with Crippen LogP contribution in [0.15, 0.2) is 59.8 Å². The first-order valence-electron chi connectivity index (χ1n) is 8.69. The van der Waals surface area contributed by atoms with Crippen molar-refractivity contribution in [1.29, 1.82) is 0 Å². The molecule has 1 fully saturated rings. The minimum absolute atomic E-state index is 0.0394. The summed E-state index contributed by atoms with van der Waals surface area (Å²) < 4.78 is 1.55. The number of aromatic hydroxyl groups is 1. The predicted molar refractivity (Wildman–Crippen MR) is 102 cm³/mol. The Labute approximate surface area is 160 Å². The summed E-state index contributed by atoms with van der Waals surface area (Å²) in [6.07, 6.45) is 2.20. The lowest BCUT2D eigenvalue weighted by molar-refractivity contribution is -0.118. The van der Waals surface area contributed by atoms with E-state index in [1.165, 1.54) is 17.3 Å². The largest absolute Gasteiger partial charge is 0.508 e. The zero-order valence-corrected chi connectivity index (χ0v) is 15.4. The quantitative estimate of drug-likeness (QED) is 0.610. The van der Waals surface area contributed by atoms with Crippen molar-refractivity contribution < 1.29 is 9.90 Å². The second kappa shape index (κ2) is 7.40. The Bertz CT molecular complexity index is 923. The Morgan fingerprint density at radius 3 is 2.59 bits per heavy atom. The van der Waals surface area contributed by atoms with Crippen LogP contribution in [0.4, 0.5) is 0 Å². The molecule has 0 radical (unpaired) electrons. The van der Waals surface area contributed by atoms with Crippen molar-refractivity contribution in [3.8, 4) is 11.4 Å². The standard InChI is InChI=1S/C19H19N5O2S/c25-16-8-6-15(7-9-16)24-18(21-22-23-24)27-12-17(26)20-13-19(10-11-19)14-4-2-1-3-5-14/h1-9,25H,10-13H2,(H,20,26). The van der Waals surface area contributed by atoms with Crippen molar-refractivity contribution >= 4 is 17.7 Å². The highest BCUT2D eigenvalue weighted by molar-refractivity contribution is 7.99. The fourth-order valence-electron chi connectivity index (χ4n) is 2.98. The molecule has 7 nitrogen and oxygen atoms in total. The molecular weight excluding hydrogens is 362 g/mol. The molecule has 0 unspecified atom stereocenters. The molecule has 3 aromatic rings. The van der Waals surface area contributed by atoms with Crippen LogP contribution in [0.3, 0.4) is 0 Å². The van der Waals surface area contributed by atoms with Crippen LogP contribution < -0.4 is 5.32 Å². The number of carbonyl (C=O) groups is 1. The van der Waals surface area contributed by atoms with Gasteiger partial charge >= 0.3 is 0 Å². The van der Waals surface area contributed by atoms with Crippen molar-refractivity contribution in [3.05, 3.63) is 60.2 Å². The Morgan fingerprint density at radius 1 is 1.15 bits per heavy atom. The third-order valence-corrected chi connectivity index (χ3v) is 5.65. The van der Waals surface area contributed by atoms with Crippen molar-refractivity contribution in [1.82, 2.24) is 25.5 Å². The molecule has 1 amide bonds. The van der Waals surface area contributed by atoms with E-state index in [4.69, 9.17) is 0 Å². The highest BCUT2D eigenvalue weighted by Crippen LogP contribution is 2.47. The molecule has 2 aromatic carbocycles. The van der Waals surface area contributed by atoms with Crippen LogP contribution in [0.25, 0.3) is 5.69 Å². The third kappa shape index (κ3) is 3.95. The summed E-state index contributed by atoms with van der Waals surface area (Å²) in [7, 11) is 0. The number of carbonyl (C=O) groups excluding carboxylic acids is 1. The van der Waals surface area contributed by atoms with Crippen LogP contribution in [0.5, 0.6) is 5.75 Å². The molecule has 1 aromatic heterocycles. The van der Waals surface area contributed by atoms with E-state index in [9.17, 15) is 9.90 Å². The molecule has 0 aliphatic heterocycles. The first kappa shape index (κ1) is 17.5. The average molecular weight is 381 g/mol. The lowest BCUT2D eigenvalue weighted by Crippen LogP contribution is -2.33. The topological polar surface area (TPSA) is 92.9 Å². The van der Waals surface area contributed by atoms with Crippen LogP contribution in [0.2, 0.25) is 0 Å². The molecule has 1 heterocycles. The molecule has 27 heavy (non-hydrogen) atoms. The monoisotopic (exact) mass is 381 g/mol. The summed E-state index contributed by atoms with van der Waals surface area (Å²) in [6, 6.07) is 16.9. The first-order valence-corrected chi connectivity index (χ1v) is 9.68. The van der Waals surface area contributed by atoms with E-state index in [0.29, 0.717) is 11.7 Å². The number of phenolic OH excluding ortho intramolecular Hbond substituents is 1. The third-order valence-electron chi connectivity index (χ3n) is 4.73. The Morgan fingerprint density at radius 2 is 1.89 bits per heavy atom. The molecule has 1 aliphatic carbocycles. The van der Waals surface area contributed by atoms with Gasteiger partial charge in [-0.25, -0.2) is 0 Å². The van der Waals surface area contributed by atoms with Gasteiger partial charge in [-0.05, 0) is 53.1 Å². The molecule has 0 spiro atoms. The Balaban J connectivity index is 1.33. The summed E-state index contributed by atoms with van der Waals surface area (Å²) >= 11 is 1.28. The fourth-order valence-corrected chi connectivity index (χ4v) is 3.70. The zero-order valence-electron chi connectivity index (χ0n) is 14.6. The molecule has 138 valence electrons. The predicted octanol–water partition coefficient (Wildman–Crippen LogP) is 2.31. The van der Waals surface area contributed by atoms with Gasteiger partial charge in [-0.1, -0.05) is 42.1 Å². The molecule has 8 heteroatoms. The van der Waals surface area contributed by atoms with Gasteiger partial charge in [-0.3, -0.25) is 4.79 Å². The van der Waals surface area contributed by atoms with Crippen LogP contribution in [-0.4, -0.2) is 43.5 Å². The molecule has 4 rings (SSSR count). The van der Waals surface area contributed by atoms with Gasteiger partial charge in [0.15, 0.2) is 0 Å². The van der Waals surface area contributed by atoms with E-state index in [2.05, 4.69) is 33.0 Å². The number of benzene rings is 2. The normalized spacial score (nSPS) is 14.7. The maximum Gasteiger partial charge on any atom is 0.230 e. The van der Waals surface area contributed by atoms with E-state index in [1.807, 2.05) is 18.2 Å². The summed E-state index contributed by atoms with van der Waals surface area (Å²) in [6.45, 7) is 0.652. The smallest absolute Gasteiger partial charge is 0.230 e.